The summed E-state index contributed by atoms with van der Waals surface area (Å²) >= 11 is 0. The van der Waals surface area contributed by atoms with Crippen LogP contribution in [0.25, 0.3) is 88.7 Å². The molecule has 7 aromatic carbocycles. The standard InChI is InChI=1S/C49H37N2O2.Pt/c1-30-25-40(46-39(21-12-24-50-46)45(30)32-14-6-5-7-15-32)33-17-10-18-34(26-33)41-27-35(38-20-11-16-31-13-8-9-19-37(31)38)28-44-47(41)51-48(53-44)42-29-36(49(2,3)4)22-23-43(42)52;/h5-25,27-29,52H,1-4H3;/q-1;. The van der Waals surface area contributed by atoms with Crippen LogP contribution in [0.2, 0.25) is 0 Å². The molecular weight excluding hydrogens is 844 g/mol. The minimum atomic E-state index is -0.118. The van der Waals surface area contributed by atoms with Crippen LogP contribution in [0.15, 0.2) is 150 Å². The third-order valence-corrected chi connectivity index (χ3v) is 10.2. The summed E-state index contributed by atoms with van der Waals surface area (Å²) in [6.07, 6.45) is 1.86. The van der Waals surface area contributed by atoms with Crippen molar-refractivity contribution >= 4 is 32.8 Å². The fourth-order valence-corrected chi connectivity index (χ4v) is 7.52. The van der Waals surface area contributed by atoms with Gasteiger partial charge in [0.1, 0.15) is 11.3 Å². The van der Waals surface area contributed by atoms with Gasteiger partial charge in [-0.25, -0.2) is 4.98 Å². The Morgan fingerprint density at radius 3 is 2.11 bits per heavy atom. The number of aryl methyl sites for hydroxylation is 1. The third kappa shape index (κ3) is 6.21. The fraction of sp³-hybridized carbons (Fsp3) is 0.102. The zero-order valence-electron chi connectivity index (χ0n) is 30.4. The molecule has 0 saturated carbocycles. The number of aromatic nitrogens is 2. The van der Waals surface area contributed by atoms with Crippen LogP contribution in [0.4, 0.5) is 0 Å². The molecule has 0 fully saturated rings. The molecule has 5 heteroatoms. The Bertz CT molecular complexity index is 2850. The maximum atomic E-state index is 11.1. The maximum absolute atomic E-state index is 11.1. The Balaban J connectivity index is 0.00000413. The van der Waals surface area contributed by atoms with E-state index in [9.17, 15) is 5.11 Å². The molecule has 0 saturated heterocycles. The van der Waals surface area contributed by atoms with Gasteiger partial charge in [-0.05, 0) is 80.8 Å². The maximum Gasteiger partial charge on any atom is 0.230 e. The van der Waals surface area contributed by atoms with Crippen LogP contribution in [0.5, 0.6) is 5.75 Å². The molecule has 0 spiro atoms. The second kappa shape index (κ2) is 13.9. The van der Waals surface area contributed by atoms with Gasteiger partial charge in [0.05, 0.1) is 11.1 Å². The Kier molecular flexibility index (Phi) is 9.04. The molecule has 0 atom stereocenters. The molecule has 0 aliphatic carbocycles. The molecule has 2 heterocycles. The van der Waals surface area contributed by atoms with Crippen LogP contribution in [0.1, 0.15) is 31.9 Å². The van der Waals surface area contributed by atoms with Gasteiger partial charge in [0.25, 0.3) is 0 Å². The van der Waals surface area contributed by atoms with Crippen LogP contribution in [0, 0.1) is 13.0 Å². The SMILES string of the molecule is Cc1cc(-c2[c-]c(-c3cc(-c4cccc5ccccc45)cc4oc(-c5cc(C(C)(C)C)ccc5O)nc34)ccc2)c2ncccc2c1-c1ccccc1.[Pt]. The summed E-state index contributed by atoms with van der Waals surface area (Å²) < 4.78 is 6.59. The average Bonchev–Trinajstić information content (AvgIpc) is 3.61. The van der Waals surface area contributed by atoms with E-state index in [0.717, 1.165) is 60.6 Å². The average molecular weight is 881 g/mol. The minimum Gasteiger partial charge on any atom is -0.507 e. The van der Waals surface area contributed by atoms with Crippen molar-refractivity contribution in [1.82, 2.24) is 9.97 Å². The molecule has 0 aliphatic heterocycles. The van der Waals surface area contributed by atoms with Crippen molar-refractivity contribution in [2.75, 3.05) is 0 Å². The van der Waals surface area contributed by atoms with E-state index in [-0.39, 0.29) is 32.2 Å². The number of aromatic hydroxyl groups is 1. The second-order valence-electron chi connectivity index (χ2n) is 14.8. The monoisotopic (exact) mass is 880 g/mol. The van der Waals surface area contributed by atoms with Gasteiger partial charge in [-0.15, -0.1) is 35.4 Å². The summed E-state index contributed by atoms with van der Waals surface area (Å²) in [6.45, 7) is 8.63. The van der Waals surface area contributed by atoms with E-state index in [1.54, 1.807) is 6.07 Å². The van der Waals surface area contributed by atoms with Gasteiger partial charge < -0.3 is 9.52 Å². The summed E-state index contributed by atoms with van der Waals surface area (Å²) in [6, 6.07) is 51.7. The zero-order chi connectivity index (χ0) is 36.3. The van der Waals surface area contributed by atoms with E-state index in [1.807, 2.05) is 30.5 Å². The summed E-state index contributed by atoms with van der Waals surface area (Å²) in [4.78, 5) is 10.0. The molecule has 9 aromatic rings. The molecule has 266 valence electrons. The summed E-state index contributed by atoms with van der Waals surface area (Å²) in [7, 11) is 0. The number of oxazole rings is 1. The van der Waals surface area contributed by atoms with E-state index in [4.69, 9.17) is 14.4 Å². The van der Waals surface area contributed by atoms with Crippen molar-refractivity contribution in [3.05, 3.63) is 163 Å². The van der Waals surface area contributed by atoms with Crippen LogP contribution >= 0.6 is 0 Å². The molecule has 0 unspecified atom stereocenters. The molecule has 4 nitrogen and oxygen atoms in total. The van der Waals surface area contributed by atoms with E-state index in [0.29, 0.717) is 22.6 Å². The summed E-state index contributed by atoms with van der Waals surface area (Å²) in [5, 5.41) is 14.5. The first-order chi connectivity index (χ1) is 25.7. The van der Waals surface area contributed by atoms with Gasteiger partial charge in [-0.1, -0.05) is 129 Å². The number of hydrogen-bond acceptors (Lipinski definition) is 4. The van der Waals surface area contributed by atoms with E-state index in [1.165, 1.54) is 16.7 Å². The Hall–Kier alpha value is -5.83. The second-order valence-corrected chi connectivity index (χ2v) is 14.8. The predicted octanol–water partition coefficient (Wildman–Crippen LogP) is 13.0. The first kappa shape index (κ1) is 35.2. The Morgan fingerprint density at radius 1 is 0.611 bits per heavy atom. The normalized spacial score (nSPS) is 11.6. The number of nitrogens with zero attached hydrogens (tertiary/aromatic N) is 2. The van der Waals surface area contributed by atoms with Crippen molar-refractivity contribution < 1.29 is 30.6 Å². The Labute approximate surface area is 329 Å². The summed E-state index contributed by atoms with van der Waals surface area (Å²) in [5.74, 6) is 0.501. The van der Waals surface area contributed by atoms with Crippen molar-refractivity contribution in [3.63, 3.8) is 0 Å². The van der Waals surface area contributed by atoms with Gasteiger partial charge in [-0.2, -0.15) is 0 Å². The predicted molar refractivity (Wildman–Crippen MR) is 218 cm³/mol. The quantitative estimate of drug-likeness (QED) is 0.175. The smallest absolute Gasteiger partial charge is 0.230 e. The van der Waals surface area contributed by atoms with Crippen molar-refractivity contribution in [3.8, 4) is 61.7 Å². The van der Waals surface area contributed by atoms with Gasteiger partial charge in [-0.3, -0.25) is 4.98 Å². The van der Waals surface area contributed by atoms with Gasteiger partial charge in [0.2, 0.25) is 5.89 Å². The number of phenolic OH excluding ortho intramolecular Hbond substituents is 1. The van der Waals surface area contributed by atoms with Crippen molar-refractivity contribution in [2.24, 2.45) is 0 Å². The minimum absolute atomic E-state index is 0. The number of hydrogen-bond donors (Lipinski definition) is 1. The van der Waals surface area contributed by atoms with Gasteiger partial charge in [0, 0.05) is 38.2 Å². The molecule has 0 aliphatic rings. The topological polar surface area (TPSA) is 59.2 Å². The van der Waals surface area contributed by atoms with E-state index < -0.39 is 0 Å². The summed E-state index contributed by atoms with van der Waals surface area (Å²) in [5.41, 5.74) is 13.2. The molecule has 0 radical (unpaired) electrons. The van der Waals surface area contributed by atoms with Crippen molar-refractivity contribution in [1.29, 1.82) is 0 Å². The number of fused-ring (bicyclic) bond motifs is 3. The largest absolute Gasteiger partial charge is 0.507 e. The van der Waals surface area contributed by atoms with Crippen LogP contribution in [-0.2, 0) is 26.5 Å². The number of phenols is 1. The van der Waals surface area contributed by atoms with Gasteiger partial charge >= 0.3 is 0 Å². The van der Waals surface area contributed by atoms with Crippen LogP contribution in [-0.4, -0.2) is 15.1 Å². The molecular formula is C49H37N2O2Pt-. The first-order valence-corrected chi connectivity index (χ1v) is 18.0. The molecule has 9 rings (SSSR count). The fourth-order valence-electron chi connectivity index (χ4n) is 7.52. The van der Waals surface area contributed by atoms with Crippen LogP contribution < -0.4 is 0 Å². The van der Waals surface area contributed by atoms with E-state index >= 15 is 0 Å². The zero-order valence-corrected chi connectivity index (χ0v) is 32.7. The van der Waals surface area contributed by atoms with Crippen molar-refractivity contribution in [2.45, 2.75) is 33.1 Å². The number of pyridine rings is 1. The van der Waals surface area contributed by atoms with Gasteiger partial charge in [0.15, 0.2) is 0 Å². The molecule has 1 N–H and O–H groups in total. The molecule has 2 aromatic heterocycles. The number of benzene rings is 7. The van der Waals surface area contributed by atoms with E-state index in [2.05, 4.69) is 143 Å². The van der Waals surface area contributed by atoms with Crippen LogP contribution in [0.3, 0.4) is 0 Å². The first-order valence-electron chi connectivity index (χ1n) is 18.0. The molecule has 54 heavy (non-hydrogen) atoms. The molecule has 0 bridgehead atoms. The Morgan fingerprint density at radius 2 is 1.31 bits per heavy atom. The number of rotatable bonds is 5. The third-order valence-electron chi connectivity index (χ3n) is 10.2. The molecule has 0 amide bonds.